The first-order chi connectivity index (χ1) is 17.3. The van der Waals surface area contributed by atoms with Gasteiger partial charge in [0.15, 0.2) is 0 Å². The maximum absolute atomic E-state index is 13.8. The predicted molar refractivity (Wildman–Crippen MR) is 134 cm³/mol. The summed E-state index contributed by atoms with van der Waals surface area (Å²) < 4.78 is 27.6. The van der Waals surface area contributed by atoms with Gasteiger partial charge in [-0.1, -0.05) is 31.2 Å². The van der Waals surface area contributed by atoms with Crippen molar-refractivity contribution in [1.29, 1.82) is 0 Å². The Morgan fingerprint density at radius 2 is 1.89 bits per heavy atom. The number of aromatic nitrogens is 1. The van der Waals surface area contributed by atoms with E-state index < -0.39 is 35.2 Å². The zero-order valence-electron chi connectivity index (χ0n) is 20.2. The number of fused-ring (bicyclic) bond motifs is 1. The molecule has 3 atom stereocenters. The van der Waals surface area contributed by atoms with Gasteiger partial charge in [-0.05, 0) is 72.6 Å². The van der Waals surface area contributed by atoms with Crippen LogP contribution in [0.15, 0.2) is 59.4 Å². The number of hydrogen-bond donors (Lipinski definition) is 4. The lowest BCUT2D eigenvalue weighted by molar-refractivity contribution is 0.0818. The van der Waals surface area contributed by atoms with E-state index in [-0.39, 0.29) is 24.7 Å². The van der Waals surface area contributed by atoms with E-state index in [1.54, 1.807) is 0 Å². The van der Waals surface area contributed by atoms with Crippen LogP contribution in [0.4, 0.5) is 8.78 Å². The molecule has 0 spiro atoms. The quantitative estimate of drug-likeness (QED) is 0.365. The minimum absolute atomic E-state index is 0.00156. The third kappa shape index (κ3) is 6.44. The Bertz CT molecular complexity index is 1260. The molecule has 4 rings (SSSR count). The minimum atomic E-state index is -1.06. The Labute approximate surface area is 208 Å². The van der Waals surface area contributed by atoms with Crippen molar-refractivity contribution in [3.05, 3.63) is 105 Å². The fraction of sp³-hybridized carbons (Fsp3) is 0.357. The molecular formula is C28H31F2N3O3. The van der Waals surface area contributed by atoms with E-state index in [1.807, 2.05) is 0 Å². The molecule has 36 heavy (non-hydrogen) atoms. The van der Waals surface area contributed by atoms with Gasteiger partial charge in [0.05, 0.1) is 12.1 Å². The minimum Gasteiger partial charge on any atom is -0.390 e. The summed E-state index contributed by atoms with van der Waals surface area (Å²) in [6.45, 7) is 2.27. The van der Waals surface area contributed by atoms with Crippen LogP contribution in [0.3, 0.4) is 0 Å². The number of rotatable bonds is 9. The lowest BCUT2D eigenvalue weighted by Crippen LogP contribution is -2.49. The van der Waals surface area contributed by atoms with Crippen LogP contribution in [-0.2, 0) is 19.3 Å². The smallest absolute Gasteiger partial charge is 0.268 e. The summed E-state index contributed by atoms with van der Waals surface area (Å²) in [7, 11) is 0. The molecule has 0 radical (unpaired) electrons. The second-order valence-corrected chi connectivity index (χ2v) is 9.30. The summed E-state index contributed by atoms with van der Waals surface area (Å²) in [5.41, 5.74) is 3.66. The summed E-state index contributed by atoms with van der Waals surface area (Å²) in [6, 6.07) is 13.0. The number of halogens is 2. The number of aliphatic hydroxyl groups excluding tert-OH is 1. The van der Waals surface area contributed by atoms with Crippen LogP contribution in [0.25, 0.3) is 0 Å². The van der Waals surface area contributed by atoms with Crippen molar-refractivity contribution >= 4 is 5.91 Å². The maximum Gasteiger partial charge on any atom is 0.268 e. The van der Waals surface area contributed by atoms with E-state index in [4.69, 9.17) is 0 Å². The van der Waals surface area contributed by atoms with Gasteiger partial charge in [-0.15, -0.1) is 0 Å². The highest BCUT2D eigenvalue weighted by Crippen LogP contribution is 2.30. The molecule has 190 valence electrons. The largest absolute Gasteiger partial charge is 0.390 e. The Kier molecular flexibility index (Phi) is 8.28. The van der Waals surface area contributed by atoms with Gasteiger partial charge in [-0.3, -0.25) is 9.59 Å². The second-order valence-electron chi connectivity index (χ2n) is 9.30. The number of carbonyl (C=O) groups excluding carboxylic acids is 1. The van der Waals surface area contributed by atoms with Gasteiger partial charge < -0.3 is 20.7 Å². The van der Waals surface area contributed by atoms with Gasteiger partial charge in [0.1, 0.15) is 17.3 Å². The lowest BCUT2D eigenvalue weighted by Gasteiger charge is -2.30. The summed E-state index contributed by atoms with van der Waals surface area (Å²) in [6.07, 6.45) is 2.83. The standard InChI is InChI=1S/C28H31F2N3O3/c1-2-17-9-10-19-5-3-6-23(22(19)13-17)31-16-26(34)25(14-18-11-20(29)15-21(30)12-18)33-28(36)24-7-4-8-27(35)32-24/h4,7-13,15,23,25-26,31,34H,2-3,5-6,14,16H2,1H3,(H,32,35)(H,33,36)/t23-,25?,26?/m0/s1. The summed E-state index contributed by atoms with van der Waals surface area (Å²) in [5, 5.41) is 17.3. The monoisotopic (exact) mass is 495 g/mol. The topological polar surface area (TPSA) is 94.2 Å². The molecule has 1 aromatic heterocycles. The summed E-state index contributed by atoms with van der Waals surface area (Å²) >= 11 is 0. The molecule has 0 saturated carbocycles. The number of amides is 1. The van der Waals surface area contributed by atoms with Crippen LogP contribution < -0.4 is 16.2 Å². The highest BCUT2D eigenvalue weighted by molar-refractivity contribution is 5.92. The van der Waals surface area contributed by atoms with Crippen LogP contribution in [0, 0.1) is 11.6 Å². The van der Waals surface area contributed by atoms with E-state index >= 15 is 0 Å². The molecule has 4 N–H and O–H groups in total. The first-order valence-corrected chi connectivity index (χ1v) is 12.3. The van der Waals surface area contributed by atoms with E-state index in [2.05, 4.69) is 40.7 Å². The molecule has 6 nitrogen and oxygen atoms in total. The average Bonchev–Trinajstić information content (AvgIpc) is 2.85. The van der Waals surface area contributed by atoms with Crippen molar-refractivity contribution in [1.82, 2.24) is 15.6 Å². The fourth-order valence-corrected chi connectivity index (χ4v) is 4.78. The Morgan fingerprint density at radius 1 is 1.11 bits per heavy atom. The van der Waals surface area contributed by atoms with Gasteiger partial charge in [-0.25, -0.2) is 8.78 Å². The summed E-state index contributed by atoms with van der Waals surface area (Å²) in [5.74, 6) is -2.06. The molecule has 1 aliphatic rings. The Balaban J connectivity index is 1.51. The zero-order valence-corrected chi connectivity index (χ0v) is 20.2. The molecule has 0 bridgehead atoms. The van der Waals surface area contributed by atoms with Crippen LogP contribution in [0.1, 0.15) is 58.5 Å². The fourth-order valence-electron chi connectivity index (χ4n) is 4.78. The Morgan fingerprint density at radius 3 is 2.61 bits per heavy atom. The van der Waals surface area contributed by atoms with Crippen molar-refractivity contribution in [3.8, 4) is 0 Å². The number of pyridine rings is 1. The number of carbonyl (C=O) groups is 1. The van der Waals surface area contributed by atoms with Crippen LogP contribution in [-0.4, -0.2) is 34.7 Å². The molecule has 3 aromatic rings. The molecular weight excluding hydrogens is 464 g/mol. The molecule has 8 heteroatoms. The normalized spacial score (nSPS) is 16.7. The van der Waals surface area contributed by atoms with Crippen molar-refractivity contribution in [3.63, 3.8) is 0 Å². The van der Waals surface area contributed by atoms with Gasteiger partial charge in [-0.2, -0.15) is 0 Å². The predicted octanol–water partition coefficient (Wildman–Crippen LogP) is 3.58. The highest BCUT2D eigenvalue weighted by Gasteiger charge is 2.26. The van der Waals surface area contributed by atoms with E-state index in [9.17, 15) is 23.5 Å². The second kappa shape index (κ2) is 11.6. The van der Waals surface area contributed by atoms with E-state index in [1.165, 1.54) is 47.0 Å². The van der Waals surface area contributed by atoms with Crippen LogP contribution in [0.2, 0.25) is 0 Å². The molecule has 0 aliphatic heterocycles. The molecule has 1 aliphatic carbocycles. The molecule has 1 amide bonds. The number of benzene rings is 2. The van der Waals surface area contributed by atoms with Crippen molar-refractivity contribution in [2.75, 3.05) is 6.54 Å². The molecule has 2 aromatic carbocycles. The van der Waals surface area contributed by atoms with E-state index in [0.717, 1.165) is 31.7 Å². The first-order valence-electron chi connectivity index (χ1n) is 12.3. The molecule has 1 heterocycles. The maximum atomic E-state index is 13.8. The number of nitrogens with one attached hydrogen (secondary N) is 3. The molecule has 0 fully saturated rings. The highest BCUT2D eigenvalue weighted by atomic mass is 19.1. The average molecular weight is 496 g/mol. The first kappa shape index (κ1) is 25.7. The molecule has 0 saturated heterocycles. The van der Waals surface area contributed by atoms with Gasteiger partial charge >= 0.3 is 0 Å². The number of H-pyrrole nitrogens is 1. The van der Waals surface area contributed by atoms with E-state index in [0.29, 0.717) is 5.56 Å². The van der Waals surface area contributed by atoms with Crippen molar-refractivity contribution < 1.29 is 18.7 Å². The van der Waals surface area contributed by atoms with Crippen LogP contribution in [0.5, 0.6) is 0 Å². The number of aryl methyl sites for hydroxylation is 2. The lowest BCUT2D eigenvalue weighted by atomic mass is 9.86. The molecule has 2 unspecified atom stereocenters. The number of aliphatic hydroxyl groups is 1. The number of hydrogen-bond acceptors (Lipinski definition) is 4. The number of aromatic amines is 1. The van der Waals surface area contributed by atoms with Crippen LogP contribution >= 0.6 is 0 Å². The Hall–Kier alpha value is -3.36. The van der Waals surface area contributed by atoms with Gasteiger partial charge in [0, 0.05) is 24.7 Å². The van der Waals surface area contributed by atoms with Gasteiger partial charge in [0.25, 0.3) is 5.91 Å². The third-order valence-electron chi connectivity index (χ3n) is 6.68. The zero-order chi connectivity index (χ0) is 25.7. The summed E-state index contributed by atoms with van der Waals surface area (Å²) in [4.78, 5) is 26.9. The van der Waals surface area contributed by atoms with Crippen molar-refractivity contribution in [2.24, 2.45) is 0 Å². The van der Waals surface area contributed by atoms with Gasteiger partial charge in [0.2, 0.25) is 5.56 Å². The van der Waals surface area contributed by atoms with Crippen molar-refractivity contribution in [2.45, 2.75) is 57.2 Å². The third-order valence-corrected chi connectivity index (χ3v) is 6.68. The SMILES string of the molecule is CCc1ccc2c(c1)[C@@H](NCC(O)C(Cc1cc(F)cc(F)c1)NC(=O)c1cccc(=O)[nH]1)CCC2.